The number of anilines is 1. The molecule has 2 aromatic carbocycles. The fourth-order valence-corrected chi connectivity index (χ4v) is 6.98. The van der Waals surface area contributed by atoms with E-state index in [1.807, 2.05) is 44.7 Å². The fourth-order valence-electron chi connectivity index (χ4n) is 6.98. The van der Waals surface area contributed by atoms with Gasteiger partial charge in [0.25, 0.3) is 11.5 Å². The van der Waals surface area contributed by atoms with Crippen molar-refractivity contribution in [2.24, 2.45) is 0 Å². The minimum absolute atomic E-state index is 0.159. The van der Waals surface area contributed by atoms with Crippen LogP contribution in [0.15, 0.2) is 47.3 Å². The number of rotatable bonds is 11. The topological polar surface area (TPSA) is 98.0 Å². The molecule has 47 heavy (non-hydrogen) atoms. The summed E-state index contributed by atoms with van der Waals surface area (Å²) in [4.78, 5) is 48.5. The van der Waals surface area contributed by atoms with Crippen molar-refractivity contribution in [3.63, 3.8) is 0 Å². The summed E-state index contributed by atoms with van der Waals surface area (Å²) >= 11 is 0. The minimum Gasteiger partial charge on any atom is -0.381 e. The number of nitrogens with one attached hydrogen (secondary N) is 2. The second kappa shape index (κ2) is 15.8. The summed E-state index contributed by atoms with van der Waals surface area (Å²) in [7, 11) is 0. The van der Waals surface area contributed by atoms with Gasteiger partial charge in [0, 0.05) is 94.0 Å². The molecule has 2 N–H and O–H groups in total. The smallest absolute Gasteiger partial charge is 0.253 e. The molecule has 5 rings (SSSR count). The van der Waals surface area contributed by atoms with Crippen LogP contribution in [-0.2, 0) is 22.6 Å². The Labute approximate surface area is 279 Å². The number of nitrogens with zero attached hydrogens (tertiary/aromatic N) is 3. The van der Waals surface area contributed by atoms with Gasteiger partial charge in [0.1, 0.15) is 0 Å². The van der Waals surface area contributed by atoms with Gasteiger partial charge in [-0.2, -0.15) is 0 Å². The summed E-state index contributed by atoms with van der Waals surface area (Å²) in [5.41, 5.74) is 7.93. The summed E-state index contributed by atoms with van der Waals surface area (Å²) in [5.74, 6) is 0.0700. The van der Waals surface area contributed by atoms with Crippen molar-refractivity contribution in [1.29, 1.82) is 0 Å². The Morgan fingerprint density at radius 2 is 1.66 bits per heavy atom. The lowest BCUT2D eigenvalue weighted by molar-refractivity contribution is -0.133. The van der Waals surface area contributed by atoms with E-state index in [2.05, 4.69) is 57.4 Å². The lowest BCUT2D eigenvalue weighted by atomic mass is 9.94. The van der Waals surface area contributed by atoms with E-state index in [0.717, 1.165) is 105 Å². The predicted molar refractivity (Wildman–Crippen MR) is 188 cm³/mol. The molecular weight excluding hydrogens is 590 g/mol. The number of pyridine rings is 1. The van der Waals surface area contributed by atoms with Crippen LogP contribution in [0.25, 0.3) is 11.1 Å². The first-order chi connectivity index (χ1) is 22.7. The third-order valence-corrected chi connectivity index (χ3v) is 9.71. The Kier molecular flexibility index (Phi) is 11.5. The molecular formula is C38H51N5O4. The van der Waals surface area contributed by atoms with E-state index in [-0.39, 0.29) is 23.9 Å². The molecule has 2 aliphatic rings. The zero-order chi connectivity index (χ0) is 33.5. The number of hydrogen-bond donors (Lipinski definition) is 2. The van der Waals surface area contributed by atoms with Crippen LogP contribution in [0.1, 0.15) is 77.8 Å². The quantitative estimate of drug-likeness (QED) is 0.293. The first-order valence-corrected chi connectivity index (χ1v) is 17.2. The molecule has 0 radical (unpaired) electrons. The molecule has 2 fully saturated rings. The van der Waals surface area contributed by atoms with Crippen LogP contribution in [0.5, 0.6) is 0 Å². The van der Waals surface area contributed by atoms with E-state index in [9.17, 15) is 14.4 Å². The van der Waals surface area contributed by atoms with Crippen molar-refractivity contribution < 1.29 is 14.3 Å². The van der Waals surface area contributed by atoms with E-state index in [1.54, 1.807) is 0 Å². The molecule has 0 bridgehead atoms. The van der Waals surface area contributed by atoms with Crippen LogP contribution in [0.3, 0.4) is 0 Å². The number of benzene rings is 2. The van der Waals surface area contributed by atoms with E-state index < -0.39 is 0 Å². The molecule has 0 aliphatic carbocycles. The summed E-state index contributed by atoms with van der Waals surface area (Å²) in [6.07, 6.45) is 3.41. The van der Waals surface area contributed by atoms with Crippen molar-refractivity contribution in [3.8, 4) is 11.1 Å². The zero-order valence-corrected chi connectivity index (χ0v) is 28.8. The monoisotopic (exact) mass is 641 g/mol. The van der Waals surface area contributed by atoms with Gasteiger partial charge in [-0.15, -0.1) is 0 Å². The highest BCUT2D eigenvalue weighted by molar-refractivity contribution is 5.99. The number of H-pyrrole nitrogens is 1. The number of hydrogen-bond acceptors (Lipinski definition) is 6. The third kappa shape index (κ3) is 8.32. The highest BCUT2D eigenvalue weighted by atomic mass is 16.5. The van der Waals surface area contributed by atoms with E-state index in [1.165, 1.54) is 5.56 Å². The highest BCUT2D eigenvalue weighted by Gasteiger charge is 2.25. The van der Waals surface area contributed by atoms with Gasteiger partial charge in [0.05, 0.1) is 0 Å². The van der Waals surface area contributed by atoms with Crippen molar-refractivity contribution in [2.75, 3.05) is 50.8 Å². The largest absolute Gasteiger partial charge is 0.381 e. The van der Waals surface area contributed by atoms with E-state index >= 15 is 0 Å². The zero-order valence-electron chi connectivity index (χ0n) is 28.8. The van der Waals surface area contributed by atoms with Crippen molar-refractivity contribution in [2.45, 2.75) is 79.4 Å². The molecule has 3 aromatic rings. The van der Waals surface area contributed by atoms with Crippen molar-refractivity contribution >= 4 is 17.5 Å². The number of aromatic nitrogens is 1. The number of carbonyl (C=O) groups is 2. The van der Waals surface area contributed by atoms with Crippen molar-refractivity contribution in [1.82, 2.24) is 20.1 Å². The van der Waals surface area contributed by atoms with Crippen LogP contribution >= 0.6 is 0 Å². The van der Waals surface area contributed by atoms with Crippen LogP contribution in [-0.4, -0.2) is 78.6 Å². The number of ether oxygens (including phenoxy) is 1. The molecule has 0 unspecified atom stereocenters. The van der Waals surface area contributed by atoms with Crippen LogP contribution in [0.2, 0.25) is 0 Å². The molecule has 9 heteroatoms. The van der Waals surface area contributed by atoms with E-state index in [0.29, 0.717) is 23.6 Å². The number of amides is 2. The minimum atomic E-state index is -0.193. The fraction of sp³-hybridized carbons (Fsp3) is 0.500. The van der Waals surface area contributed by atoms with Crippen molar-refractivity contribution in [3.05, 3.63) is 86.3 Å². The molecule has 2 amide bonds. The molecule has 0 spiro atoms. The predicted octanol–water partition coefficient (Wildman–Crippen LogP) is 5.35. The Balaban J connectivity index is 1.39. The summed E-state index contributed by atoms with van der Waals surface area (Å²) < 4.78 is 5.67. The molecule has 9 nitrogen and oxygen atoms in total. The number of piperazine rings is 1. The summed E-state index contributed by atoms with van der Waals surface area (Å²) in [6, 6.07) is 15.1. The molecule has 3 heterocycles. The normalized spacial score (nSPS) is 15.9. The number of aromatic amines is 1. The second-order valence-electron chi connectivity index (χ2n) is 13.0. The van der Waals surface area contributed by atoms with Gasteiger partial charge < -0.3 is 24.8 Å². The maximum Gasteiger partial charge on any atom is 0.253 e. The van der Waals surface area contributed by atoms with Gasteiger partial charge in [-0.1, -0.05) is 31.2 Å². The molecule has 1 aromatic heterocycles. The Morgan fingerprint density at radius 1 is 0.957 bits per heavy atom. The van der Waals surface area contributed by atoms with Gasteiger partial charge >= 0.3 is 0 Å². The molecule has 2 aliphatic heterocycles. The molecule has 0 atom stereocenters. The molecule has 2 saturated heterocycles. The van der Waals surface area contributed by atoms with Crippen LogP contribution in [0, 0.1) is 20.8 Å². The van der Waals surface area contributed by atoms with Gasteiger partial charge in [0.15, 0.2) is 0 Å². The third-order valence-electron chi connectivity index (χ3n) is 9.71. The Morgan fingerprint density at radius 3 is 2.30 bits per heavy atom. The highest BCUT2D eigenvalue weighted by Crippen LogP contribution is 2.34. The molecule has 0 saturated carbocycles. The average Bonchev–Trinajstić information content (AvgIpc) is 3.06. The van der Waals surface area contributed by atoms with Crippen LogP contribution in [0.4, 0.5) is 5.69 Å². The standard InChI is InChI=1S/C38H51N5O4/c1-6-8-36(44)42-17-15-41(16-18-42)25-29-9-11-30(12-10-29)31-22-33(37(45)39-24-34-26(3)21-27(4)40-38(34)46)28(5)35(23-31)43(7-2)32-13-19-47-20-14-32/h9-12,21-23,32H,6-8,13-20,24-25H2,1-5H3,(H,39,45)(H,40,46). The molecule has 252 valence electrons. The van der Waals surface area contributed by atoms with Gasteiger partial charge in [-0.3, -0.25) is 19.3 Å². The summed E-state index contributed by atoms with van der Waals surface area (Å²) in [6.45, 7) is 16.6. The maximum atomic E-state index is 13.8. The second-order valence-corrected chi connectivity index (χ2v) is 13.0. The average molecular weight is 642 g/mol. The lowest BCUT2D eigenvalue weighted by Crippen LogP contribution is -2.48. The number of carbonyl (C=O) groups excluding carboxylic acids is 2. The lowest BCUT2D eigenvalue weighted by Gasteiger charge is -2.37. The first-order valence-electron chi connectivity index (χ1n) is 17.2. The Bertz CT molecular complexity index is 1600. The van der Waals surface area contributed by atoms with Gasteiger partial charge in [-0.25, -0.2) is 0 Å². The number of aryl methyl sites for hydroxylation is 2. The SMILES string of the molecule is CCCC(=O)N1CCN(Cc2ccc(-c3cc(C(=O)NCc4c(C)cc(C)[nH]c4=O)c(C)c(N(CC)C4CCOCC4)c3)cc2)CC1. The van der Waals surface area contributed by atoms with Crippen LogP contribution < -0.4 is 15.8 Å². The first kappa shape index (κ1) is 34.4. The Hall–Kier alpha value is -3.95. The van der Waals surface area contributed by atoms with E-state index in [4.69, 9.17) is 4.74 Å². The maximum absolute atomic E-state index is 13.8. The van der Waals surface area contributed by atoms with Gasteiger partial charge in [0.2, 0.25) is 5.91 Å². The van der Waals surface area contributed by atoms with Gasteiger partial charge in [-0.05, 0) is 93.0 Å². The summed E-state index contributed by atoms with van der Waals surface area (Å²) in [5, 5.41) is 3.04.